The van der Waals surface area contributed by atoms with Gasteiger partial charge in [-0.15, -0.1) is 0 Å². The summed E-state index contributed by atoms with van der Waals surface area (Å²) >= 11 is 0. The number of phenols is 6. The Labute approximate surface area is 787 Å². The Kier molecular flexibility index (Phi) is 57.2. The van der Waals surface area contributed by atoms with E-state index in [0.717, 1.165) is 0 Å². The van der Waals surface area contributed by atoms with Crippen LogP contribution in [0.5, 0.6) is 103 Å². The van der Waals surface area contributed by atoms with Crippen LogP contribution in [-0.2, 0) is 86.4 Å². The number of hydrogen-bond donors (Lipinski definition) is 6. The average molecular weight is 2000 g/mol. The molecule has 0 amide bonds. The van der Waals surface area contributed by atoms with Gasteiger partial charge in [0.1, 0.15) is 107 Å². The lowest BCUT2D eigenvalue weighted by Gasteiger charge is -2.26. The fraction of sp³-hybridized carbons (Fsp3) is 0.544. The molecule has 132 heavy (non-hydrogen) atoms. The molecule has 36 nitrogen and oxygen atoms in total. The van der Waals surface area contributed by atoms with Crippen molar-refractivity contribution < 1.29 is 165 Å². The fourth-order valence-electron chi connectivity index (χ4n) is 14.5. The van der Waals surface area contributed by atoms with Gasteiger partial charge in [0.2, 0.25) is 17.2 Å². The molecule has 0 fully saturated rings. The smallest absolute Gasteiger partial charge is 0.202 e. The Bertz CT molecular complexity index is 5280. The van der Waals surface area contributed by atoms with Gasteiger partial charge in [-0.05, 0) is 130 Å². The highest BCUT2D eigenvalue weighted by atomic mass is 32.2. The molecule has 6 unspecified atom stereocenters. The summed E-state index contributed by atoms with van der Waals surface area (Å²) in [5.74, 6) is -3.26. The van der Waals surface area contributed by atoms with E-state index in [9.17, 15) is 108 Å². The van der Waals surface area contributed by atoms with Crippen LogP contribution in [0.1, 0.15) is 272 Å². The highest BCUT2D eigenvalue weighted by molar-refractivity contribution is 7.87. The molecule has 6 aromatic carbocycles. The van der Waals surface area contributed by atoms with Gasteiger partial charge in [0, 0.05) is 87.2 Å². The molecule has 6 N–H and O–H groups in total. The third-order valence-corrected chi connectivity index (χ3v) is 27.1. The summed E-state index contributed by atoms with van der Waals surface area (Å²) in [4.78, 5) is -3.03. The third kappa shape index (κ3) is 29.8. The van der Waals surface area contributed by atoms with E-state index >= 15 is 0 Å². The van der Waals surface area contributed by atoms with Crippen LogP contribution in [0.2, 0.25) is 0 Å². The molecule has 0 aromatic heterocycles. The van der Waals surface area contributed by atoms with E-state index in [1.54, 1.807) is 13.8 Å². The molecule has 0 bridgehead atoms. The summed E-state index contributed by atoms with van der Waals surface area (Å²) in [5.41, 5.74) is 3.74. The summed E-state index contributed by atoms with van der Waals surface area (Å²) in [7, 11) is -13.0. The van der Waals surface area contributed by atoms with Gasteiger partial charge in [-0.25, -0.2) is 50.5 Å². The van der Waals surface area contributed by atoms with Gasteiger partial charge in [0.15, 0.2) is 69.0 Å². The van der Waals surface area contributed by atoms with Crippen molar-refractivity contribution in [3.05, 3.63) is 104 Å². The molecule has 0 aliphatic heterocycles. The summed E-state index contributed by atoms with van der Waals surface area (Å²) in [6, 6.07) is 0. The van der Waals surface area contributed by atoms with E-state index in [4.69, 9.17) is 56.8 Å². The van der Waals surface area contributed by atoms with Crippen LogP contribution in [0.4, 0.5) is 0 Å². The van der Waals surface area contributed by atoms with Gasteiger partial charge in [0.05, 0.1) is 85.3 Å². The largest absolute Gasteiger partial charge is 0.744 e. The summed E-state index contributed by atoms with van der Waals surface area (Å²) in [6.07, 6.45) is 6.38. The van der Waals surface area contributed by atoms with Crippen molar-refractivity contribution in [2.45, 2.75) is 274 Å². The molecule has 0 aliphatic carbocycles. The van der Waals surface area contributed by atoms with Crippen molar-refractivity contribution in [3.63, 3.8) is 0 Å². The van der Waals surface area contributed by atoms with Gasteiger partial charge in [0.25, 0.3) is 0 Å². The molecule has 0 heterocycles. The Balaban J connectivity index is -0.000000358. The minimum atomic E-state index is -4.80. The molecule has 0 saturated heterocycles. The predicted molar refractivity (Wildman–Crippen MR) is 502 cm³/mol. The van der Waals surface area contributed by atoms with Gasteiger partial charge in [-0.3, -0.25) is 0 Å². The first-order valence-corrected chi connectivity index (χ1v) is 48.5. The second-order valence-electron chi connectivity index (χ2n) is 28.9. The van der Waals surface area contributed by atoms with Crippen LogP contribution in [-0.4, -0.2) is 194 Å². The maximum Gasteiger partial charge on any atom is 0.202 e. The molecule has 0 saturated carbocycles. The Hall–Kier alpha value is -9.47. The topological polar surface area (TPSA) is 575 Å². The maximum absolute atomic E-state index is 11.7. The van der Waals surface area contributed by atoms with E-state index in [-0.39, 0.29) is 201 Å². The first kappa shape index (κ1) is 133. The summed E-state index contributed by atoms with van der Waals surface area (Å²) < 4.78 is 271. The van der Waals surface area contributed by atoms with Crippen molar-refractivity contribution in [1.82, 2.24) is 0 Å². The lowest BCUT2D eigenvalue weighted by atomic mass is 9.89. The second-order valence-corrected chi connectivity index (χ2v) is 36.8. The minimum Gasteiger partial charge on any atom is -0.744 e. The van der Waals surface area contributed by atoms with Crippen molar-refractivity contribution in [2.75, 3.05) is 85.3 Å². The Morgan fingerprint density at radius 2 is 0.417 bits per heavy atom. The number of methoxy groups -OCH3 is 12. The zero-order valence-corrected chi connectivity index (χ0v) is 87.2. The molecule has 6 aromatic rings. The van der Waals surface area contributed by atoms with Crippen LogP contribution in [0, 0.1) is 51.0 Å². The molecular formula is C90H145O36S6-. The van der Waals surface area contributed by atoms with Crippen LogP contribution >= 0.6 is 0 Å². The fourth-order valence-corrected chi connectivity index (χ4v) is 20.0. The first-order valence-electron chi connectivity index (χ1n) is 40.0. The van der Waals surface area contributed by atoms with Crippen LogP contribution in [0.25, 0.3) is 0 Å². The standard InChI is InChI=1S/2C15H24O6S.2C14H22O6S.2C13H20O6S.CH4.5CH3/c1-6-8-10-12(16)13(20-4)11(9(3)7-2)14(21-5)15(10)22(17,18)19;1-6-8-10-11(9(3)7-2)13(20-4)12(16)14(21-5)15(10)22(17,18)19;1-6-8(3)10-12(19-4)11(15)9(7-2)14(13(10)20-5)21(16,17)18;1-6-8(3)10-9(7-2)14(21(16,17)18)13(20-5)11(15)12(10)19-4;1-6-7(2)9-11(18-4)10(14)8(3)13(12(9)19-5)20(15,16)17;1-6-7(2)9-8(3)13(20(15,16)17)12(19-5)10(14)11(9)18-4;;;;;;/h2*9,16H,6-8H2,1-5H3,(H,17,18,19);2*8,15H,6-7H2,1-5H3,(H,16,17,18);2*7,14H,6H2,1-5H3,(H,15,16,17);1H4;5*1H3/q;;;;;;;5*+1/p-6. The normalized spacial score (nSPS) is 12.5. The molecular weight excluding hydrogens is 1850 g/mol. The average Bonchev–Trinajstić information content (AvgIpc) is 0.793. The molecule has 6 rings (SSSR count). The number of rotatable bonds is 36. The Morgan fingerprint density at radius 3 is 0.667 bits per heavy atom. The van der Waals surface area contributed by atoms with Gasteiger partial charge < -0.3 is 115 Å². The molecule has 0 aliphatic rings. The molecule has 6 atom stereocenters. The molecule has 42 heteroatoms. The number of ether oxygens (including phenoxy) is 12. The number of hydrogen-bond acceptors (Lipinski definition) is 36. The third-order valence-electron chi connectivity index (χ3n) is 21.4. The summed E-state index contributed by atoms with van der Waals surface area (Å²) in [5, 5.41) is 61.5. The highest BCUT2D eigenvalue weighted by Crippen LogP contribution is 2.56. The quantitative estimate of drug-likeness (QED) is 0.0157. The molecule has 0 spiro atoms. The second kappa shape index (κ2) is 56.7. The van der Waals surface area contributed by atoms with Gasteiger partial charge in [-0.2, -0.15) is 0 Å². The lowest BCUT2D eigenvalue weighted by molar-refractivity contribution is 0.325. The zero-order valence-electron chi connectivity index (χ0n) is 82.3. The first-order chi connectivity index (χ1) is 58.4. The Morgan fingerprint density at radius 1 is 0.235 bits per heavy atom. The predicted octanol–water partition coefficient (Wildman–Crippen LogP) is 17.5. The van der Waals surface area contributed by atoms with Crippen LogP contribution in [0.3, 0.4) is 0 Å². The van der Waals surface area contributed by atoms with Gasteiger partial charge in [-0.1, -0.05) is 131 Å². The molecule has 0 radical (unpaired) electrons. The lowest BCUT2D eigenvalue weighted by Crippen LogP contribution is -2.12. The van der Waals surface area contributed by atoms with Crippen molar-refractivity contribution in [1.29, 1.82) is 0 Å². The van der Waals surface area contributed by atoms with E-state index < -0.39 is 107 Å². The highest BCUT2D eigenvalue weighted by Gasteiger charge is 2.37. The minimum absolute atomic E-state index is 0. The monoisotopic (exact) mass is 1990 g/mol. The number of benzene rings is 6. The van der Waals surface area contributed by atoms with Crippen LogP contribution < -0.4 is 56.8 Å². The van der Waals surface area contributed by atoms with Gasteiger partial charge >= 0.3 is 0 Å². The van der Waals surface area contributed by atoms with Crippen molar-refractivity contribution in [3.8, 4) is 103 Å². The van der Waals surface area contributed by atoms with Crippen molar-refractivity contribution in [2.24, 2.45) is 0 Å². The van der Waals surface area contributed by atoms with E-state index in [2.05, 4.69) is 0 Å². The molecule has 758 valence electrons. The SMILES string of the molecule is C.CCC(C)c1c(C)c(S(=O)(=O)[O-])c(OC)c(O)c1OC.CCC(C)c1c(OC)c(O)c(C)c(S(=O)(=O)[O-])c1OC.CCCc1c(C(C)CC)c(OC)c(O)c(OC)c1S(=O)(=O)[O-].CCCc1c(O)c(OC)c(C(C)CC)c(OC)c1S(=O)(=O)[O-].CCc1c(C(C)CC)c(OC)c(O)c(OC)c1S(=O)(=O)[O-].CCc1c(O)c(OC)c(C(C)CC)c(OC)c1S(=O)(=O)[O-].[CH3+].[CH3+].[CH3+].[CH3+].[CH3+]. The van der Waals surface area contributed by atoms with Crippen LogP contribution in [0.15, 0.2) is 29.4 Å². The maximum atomic E-state index is 11.7. The summed E-state index contributed by atoms with van der Waals surface area (Å²) in [6.45, 7) is 32.6. The number of phenolic OH excluding ortho intramolecular Hbond substituents is 6. The van der Waals surface area contributed by atoms with E-state index in [1.807, 2.05) is 96.9 Å². The zero-order chi connectivity index (χ0) is 98.2. The van der Waals surface area contributed by atoms with E-state index in [1.165, 1.54) is 99.2 Å². The van der Waals surface area contributed by atoms with Crippen molar-refractivity contribution >= 4 is 60.7 Å². The number of aromatic hydroxyl groups is 6. The van der Waals surface area contributed by atoms with E-state index in [0.29, 0.717) is 109 Å².